The van der Waals surface area contributed by atoms with Gasteiger partial charge in [-0.3, -0.25) is 14.5 Å². The highest BCUT2D eigenvalue weighted by molar-refractivity contribution is 7.90. The van der Waals surface area contributed by atoms with Crippen molar-refractivity contribution in [2.24, 2.45) is 0 Å². The fraction of sp³-hybridized carbons (Fsp3) is 0.286. The van der Waals surface area contributed by atoms with Crippen LogP contribution in [0.15, 0.2) is 47.4 Å². The number of halogens is 2. The maximum Gasteiger partial charge on any atom is 0.325 e. The van der Waals surface area contributed by atoms with E-state index in [1.54, 1.807) is 25.1 Å². The molecule has 1 aliphatic heterocycles. The molecule has 2 aromatic carbocycles. The van der Waals surface area contributed by atoms with Crippen LogP contribution in [-0.2, 0) is 25.0 Å². The van der Waals surface area contributed by atoms with E-state index in [1.165, 1.54) is 31.2 Å². The van der Waals surface area contributed by atoms with Crippen molar-refractivity contribution in [2.45, 2.75) is 30.3 Å². The summed E-state index contributed by atoms with van der Waals surface area (Å²) in [5.41, 5.74) is -0.400. The van der Waals surface area contributed by atoms with Crippen molar-refractivity contribution in [3.63, 3.8) is 0 Å². The Balaban J connectivity index is 1.73. The molecule has 1 heterocycles. The van der Waals surface area contributed by atoms with Crippen LogP contribution in [0.25, 0.3) is 0 Å². The number of carbonyl (C=O) groups excluding carboxylic acids is 3. The van der Waals surface area contributed by atoms with Gasteiger partial charge < -0.3 is 10.6 Å². The SMILES string of the molecule is CC(NC(=O)CN1C(=O)NC(C)(c2ccc(S(C)(=O)=O)cc2)C1=O)c1ccc(Cl)cc1Cl. The molecule has 0 bridgehead atoms. The number of hydrogen-bond donors (Lipinski definition) is 2. The lowest BCUT2D eigenvalue weighted by atomic mass is 9.92. The molecule has 170 valence electrons. The molecule has 11 heteroatoms. The minimum Gasteiger partial charge on any atom is -0.348 e. The molecule has 2 N–H and O–H groups in total. The Hall–Kier alpha value is -2.62. The normalized spacial score (nSPS) is 19.6. The van der Waals surface area contributed by atoms with E-state index in [-0.39, 0.29) is 4.90 Å². The van der Waals surface area contributed by atoms with Gasteiger partial charge in [-0.1, -0.05) is 41.4 Å². The van der Waals surface area contributed by atoms with Crippen LogP contribution in [0.5, 0.6) is 0 Å². The summed E-state index contributed by atoms with van der Waals surface area (Å²) in [5, 5.41) is 6.13. The molecule has 8 nitrogen and oxygen atoms in total. The van der Waals surface area contributed by atoms with Crippen molar-refractivity contribution >= 4 is 50.9 Å². The molecule has 0 aliphatic carbocycles. The van der Waals surface area contributed by atoms with Crippen LogP contribution in [0.1, 0.15) is 31.0 Å². The Bertz CT molecular complexity index is 1200. The number of imide groups is 1. The zero-order valence-electron chi connectivity index (χ0n) is 17.5. The van der Waals surface area contributed by atoms with Gasteiger partial charge in [-0.05, 0) is 49.2 Å². The van der Waals surface area contributed by atoms with Gasteiger partial charge in [0.1, 0.15) is 12.1 Å². The van der Waals surface area contributed by atoms with E-state index in [9.17, 15) is 22.8 Å². The van der Waals surface area contributed by atoms with Crippen molar-refractivity contribution in [1.29, 1.82) is 0 Å². The number of benzene rings is 2. The summed E-state index contributed by atoms with van der Waals surface area (Å²) in [7, 11) is -3.41. The molecule has 0 aromatic heterocycles. The number of urea groups is 1. The van der Waals surface area contributed by atoms with Gasteiger partial charge in [0.2, 0.25) is 5.91 Å². The predicted molar refractivity (Wildman–Crippen MR) is 120 cm³/mol. The highest BCUT2D eigenvalue weighted by Gasteiger charge is 2.49. The fourth-order valence-corrected chi connectivity index (χ4v) is 4.64. The molecule has 0 radical (unpaired) electrons. The number of nitrogens with zero attached hydrogens (tertiary/aromatic N) is 1. The molecule has 0 spiro atoms. The topological polar surface area (TPSA) is 113 Å². The number of sulfone groups is 1. The molecule has 1 saturated heterocycles. The van der Waals surface area contributed by atoms with Gasteiger partial charge in [-0.25, -0.2) is 13.2 Å². The highest BCUT2D eigenvalue weighted by atomic mass is 35.5. The third kappa shape index (κ3) is 4.74. The van der Waals surface area contributed by atoms with Crippen molar-refractivity contribution in [3.05, 3.63) is 63.6 Å². The standard InChI is InChI=1S/C21H21Cl2N3O5S/c1-12(16-9-6-14(22)10-17(16)23)24-18(27)11-26-19(28)21(2,25-20(26)29)13-4-7-15(8-5-13)32(3,30)31/h4-10,12H,11H2,1-3H3,(H,24,27)(H,25,29). The number of amides is 4. The fourth-order valence-electron chi connectivity index (χ4n) is 3.43. The maximum atomic E-state index is 13.0. The van der Waals surface area contributed by atoms with E-state index < -0.39 is 45.8 Å². The summed E-state index contributed by atoms with van der Waals surface area (Å²) in [6, 6.07) is 9.32. The van der Waals surface area contributed by atoms with Crippen LogP contribution < -0.4 is 10.6 Å². The molecule has 4 amide bonds. The first-order valence-electron chi connectivity index (χ1n) is 9.52. The predicted octanol–water partition coefficient (Wildman–Crippen LogP) is 3.04. The second-order valence-electron chi connectivity index (χ2n) is 7.70. The molecule has 32 heavy (non-hydrogen) atoms. The number of nitrogens with one attached hydrogen (secondary N) is 2. The lowest BCUT2D eigenvalue weighted by molar-refractivity contribution is -0.135. The summed E-state index contributed by atoms with van der Waals surface area (Å²) in [4.78, 5) is 38.9. The van der Waals surface area contributed by atoms with Gasteiger partial charge in [-0.15, -0.1) is 0 Å². The zero-order chi connectivity index (χ0) is 23.8. The van der Waals surface area contributed by atoms with Crippen molar-refractivity contribution in [2.75, 3.05) is 12.8 Å². The molecule has 0 saturated carbocycles. The Kier molecular flexibility index (Phi) is 6.55. The van der Waals surface area contributed by atoms with Gasteiger partial charge in [0.15, 0.2) is 9.84 Å². The summed E-state index contributed by atoms with van der Waals surface area (Å²) >= 11 is 12.1. The van der Waals surface area contributed by atoms with Gasteiger partial charge in [0.05, 0.1) is 10.9 Å². The molecular formula is C21H21Cl2N3O5S. The molecule has 2 atom stereocenters. The number of carbonyl (C=O) groups is 3. The van der Waals surface area contributed by atoms with Gasteiger partial charge in [0.25, 0.3) is 5.91 Å². The first-order chi connectivity index (χ1) is 14.8. The van der Waals surface area contributed by atoms with Crippen LogP contribution in [-0.4, -0.2) is 44.0 Å². The average Bonchev–Trinajstić information content (AvgIpc) is 2.91. The average molecular weight is 498 g/mol. The van der Waals surface area contributed by atoms with Gasteiger partial charge in [-0.2, -0.15) is 0 Å². The minimum absolute atomic E-state index is 0.0905. The zero-order valence-corrected chi connectivity index (χ0v) is 19.8. The molecule has 1 aliphatic rings. The Morgan fingerprint density at radius 2 is 1.78 bits per heavy atom. The van der Waals surface area contributed by atoms with Crippen LogP contribution in [0.3, 0.4) is 0 Å². The summed E-state index contributed by atoms with van der Waals surface area (Å²) in [5.74, 6) is -1.18. The molecule has 3 rings (SSSR count). The summed E-state index contributed by atoms with van der Waals surface area (Å²) in [6.07, 6.45) is 1.07. The lowest BCUT2D eigenvalue weighted by Gasteiger charge is -2.22. The van der Waals surface area contributed by atoms with E-state index in [0.29, 0.717) is 21.2 Å². The largest absolute Gasteiger partial charge is 0.348 e. The van der Waals surface area contributed by atoms with E-state index in [0.717, 1.165) is 11.2 Å². The Morgan fingerprint density at radius 3 is 2.34 bits per heavy atom. The van der Waals surface area contributed by atoms with E-state index in [1.807, 2.05) is 0 Å². The van der Waals surface area contributed by atoms with Crippen LogP contribution in [0.4, 0.5) is 4.79 Å². The maximum absolute atomic E-state index is 13.0. The second kappa shape index (κ2) is 8.73. The third-order valence-corrected chi connectivity index (χ3v) is 6.93. The molecule has 2 aromatic rings. The first kappa shape index (κ1) is 24.0. The van der Waals surface area contributed by atoms with Crippen LogP contribution in [0.2, 0.25) is 10.0 Å². The molecule has 2 unspecified atom stereocenters. The van der Waals surface area contributed by atoms with Crippen molar-refractivity contribution in [3.8, 4) is 0 Å². The number of hydrogen-bond acceptors (Lipinski definition) is 5. The van der Waals surface area contributed by atoms with E-state index in [4.69, 9.17) is 23.2 Å². The monoisotopic (exact) mass is 497 g/mol. The first-order valence-corrected chi connectivity index (χ1v) is 12.2. The van der Waals surface area contributed by atoms with E-state index in [2.05, 4.69) is 10.6 Å². The highest BCUT2D eigenvalue weighted by Crippen LogP contribution is 2.30. The van der Waals surface area contributed by atoms with Gasteiger partial charge >= 0.3 is 6.03 Å². The quantitative estimate of drug-likeness (QED) is 0.595. The summed E-state index contributed by atoms with van der Waals surface area (Å²) in [6.45, 7) is 2.72. The van der Waals surface area contributed by atoms with Gasteiger partial charge in [0, 0.05) is 16.3 Å². The van der Waals surface area contributed by atoms with Crippen molar-refractivity contribution < 1.29 is 22.8 Å². The smallest absolute Gasteiger partial charge is 0.325 e. The number of rotatable bonds is 6. The lowest BCUT2D eigenvalue weighted by Crippen LogP contribution is -2.43. The van der Waals surface area contributed by atoms with Crippen LogP contribution >= 0.6 is 23.2 Å². The Labute approximate surface area is 195 Å². The van der Waals surface area contributed by atoms with E-state index >= 15 is 0 Å². The second-order valence-corrected chi connectivity index (χ2v) is 10.6. The third-order valence-electron chi connectivity index (χ3n) is 5.24. The summed E-state index contributed by atoms with van der Waals surface area (Å²) < 4.78 is 23.3. The minimum atomic E-state index is -3.41. The van der Waals surface area contributed by atoms with Crippen LogP contribution in [0, 0.1) is 0 Å². The molecular weight excluding hydrogens is 477 g/mol. The molecule has 1 fully saturated rings. The van der Waals surface area contributed by atoms with Crippen molar-refractivity contribution in [1.82, 2.24) is 15.5 Å². The Morgan fingerprint density at radius 1 is 1.16 bits per heavy atom.